The van der Waals surface area contributed by atoms with Crippen LogP contribution in [0.2, 0.25) is 0 Å². The van der Waals surface area contributed by atoms with Crippen molar-refractivity contribution in [3.8, 4) is 0 Å². The summed E-state index contributed by atoms with van der Waals surface area (Å²) >= 11 is 0. The fourth-order valence-electron chi connectivity index (χ4n) is 3.42. The van der Waals surface area contributed by atoms with E-state index in [9.17, 15) is 9.90 Å². The van der Waals surface area contributed by atoms with Crippen LogP contribution in [-0.4, -0.2) is 47.8 Å². The number of carbonyl (C=O) groups excluding carboxylic acids is 1. The summed E-state index contributed by atoms with van der Waals surface area (Å²) in [6.45, 7) is 6.80. The molecule has 0 unspecified atom stereocenters. The van der Waals surface area contributed by atoms with Crippen molar-refractivity contribution >= 4 is 5.91 Å². The van der Waals surface area contributed by atoms with E-state index < -0.39 is 0 Å². The number of rotatable bonds is 5. The summed E-state index contributed by atoms with van der Waals surface area (Å²) in [6, 6.07) is 0. The van der Waals surface area contributed by atoms with Crippen molar-refractivity contribution in [3.05, 3.63) is 0 Å². The third-order valence-electron chi connectivity index (χ3n) is 5.15. The second-order valence-corrected chi connectivity index (χ2v) is 6.86. The first-order chi connectivity index (χ1) is 8.84. The summed E-state index contributed by atoms with van der Waals surface area (Å²) in [5, 5.41) is 9.64. The number of amides is 1. The van der Waals surface area contributed by atoms with Gasteiger partial charge in [-0.05, 0) is 25.7 Å². The van der Waals surface area contributed by atoms with Crippen molar-refractivity contribution in [3.63, 3.8) is 0 Å². The number of hydrogen-bond donors (Lipinski definition) is 1. The van der Waals surface area contributed by atoms with Gasteiger partial charge < -0.3 is 14.7 Å². The lowest BCUT2D eigenvalue weighted by molar-refractivity contribution is -0.141. The monoisotopic (exact) mass is 269 g/mol. The molecule has 2 rings (SSSR count). The SMILES string of the molecule is CCC(C)(C)C(=O)N(C)C[C@H]1C[C@@H]2CC[C@@]1(CO)O2. The molecule has 2 heterocycles. The fourth-order valence-corrected chi connectivity index (χ4v) is 3.42. The molecule has 0 aromatic heterocycles. The normalized spacial score (nSPS) is 33.7. The van der Waals surface area contributed by atoms with Gasteiger partial charge in [0.15, 0.2) is 0 Å². The van der Waals surface area contributed by atoms with Gasteiger partial charge in [-0.3, -0.25) is 4.79 Å². The van der Waals surface area contributed by atoms with E-state index in [0.29, 0.717) is 12.6 Å². The van der Waals surface area contributed by atoms with Crippen molar-refractivity contribution in [1.29, 1.82) is 0 Å². The number of aliphatic hydroxyl groups is 1. The van der Waals surface area contributed by atoms with E-state index in [1.165, 1.54) is 0 Å². The zero-order valence-electron chi connectivity index (χ0n) is 12.6. The minimum absolute atomic E-state index is 0.0768. The van der Waals surface area contributed by atoms with Gasteiger partial charge in [-0.15, -0.1) is 0 Å². The highest BCUT2D eigenvalue weighted by molar-refractivity contribution is 5.81. The molecular weight excluding hydrogens is 242 g/mol. The van der Waals surface area contributed by atoms with E-state index in [1.54, 1.807) is 0 Å². The van der Waals surface area contributed by atoms with Crippen LogP contribution in [0.25, 0.3) is 0 Å². The fraction of sp³-hybridized carbons (Fsp3) is 0.933. The number of nitrogens with zero attached hydrogens (tertiary/aromatic N) is 1. The lowest BCUT2D eigenvalue weighted by Gasteiger charge is -2.36. The van der Waals surface area contributed by atoms with Crippen LogP contribution >= 0.6 is 0 Å². The number of fused-ring (bicyclic) bond motifs is 2. The maximum absolute atomic E-state index is 12.4. The van der Waals surface area contributed by atoms with Crippen LogP contribution in [-0.2, 0) is 9.53 Å². The molecule has 4 nitrogen and oxygen atoms in total. The molecule has 0 spiro atoms. The third kappa shape index (κ3) is 2.52. The van der Waals surface area contributed by atoms with Gasteiger partial charge in [0.05, 0.1) is 18.3 Å². The maximum Gasteiger partial charge on any atom is 0.227 e. The van der Waals surface area contributed by atoms with Crippen LogP contribution in [0.3, 0.4) is 0 Å². The maximum atomic E-state index is 12.4. The Balaban J connectivity index is 2.00. The van der Waals surface area contributed by atoms with Crippen LogP contribution in [0.1, 0.15) is 46.5 Å². The largest absolute Gasteiger partial charge is 0.393 e. The van der Waals surface area contributed by atoms with Crippen molar-refractivity contribution in [2.45, 2.75) is 58.2 Å². The molecule has 2 bridgehead atoms. The zero-order chi connectivity index (χ0) is 14.3. The first-order valence-corrected chi connectivity index (χ1v) is 7.39. The van der Waals surface area contributed by atoms with E-state index >= 15 is 0 Å². The van der Waals surface area contributed by atoms with Crippen molar-refractivity contribution in [1.82, 2.24) is 4.90 Å². The standard InChI is InChI=1S/C15H27NO3/c1-5-14(2,3)13(18)16(4)9-11-8-12-6-7-15(11,10-17)19-12/h11-12,17H,5-10H2,1-4H3/t11-,12+,15+/m1/s1. The Morgan fingerprint density at radius 1 is 1.53 bits per heavy atom. The second-order valence-electron chi connectivity index (χ2n) is 6.86. The molecule has 1 amide bonds. The Morgan fingerprint density at radius 2 is 2.21 bits per heavy atom. The molecule has 0 saturated carbocycles. The Bertz CT molecular complexity index is 355. The Hall–Kier alpha value is -0.610. The predicted molar refractivity (Wildman–Crippen MR) is 73.7 cm³/mol. The third-order valence-corrected chi connectivity index (χ3v) is 5.15. The number of aliphatic hydroxyl groups excluding tert-OH is 1. The predicted octanol–water partition coefficient (Wildman–Crippen LogP) is 1.81. The first kappa shape index (κ1) is 14.8. The first-order valence-electron chi connectivity index (χ1n) is 7.39. The molecule has 0 aromatic rings. The number of hydrogen-bond acceptors (Lipinski definition) is 3. The van der Waals surface area contributed by atoms with Crippen LogP contribution < -0.4 is 0 Å². The summed E-state index contributed by atoms with van der Waals surface area (Å²) in [5.41, 5.74) is -0.685. The lowest BCUT2D eigenvalue weighted by Crippen LogP contribution is -2.47. The molecule has 2 saturated heterocycles. The summed E-state index contributed by atoms with van der Waals surface area (Å²) < 4.78 is 5.93. The molecule has 2 aliphatic heterocycles. The van der Waals surface area contributed by atoms with Crippen molar-refractivity contribution in [2.24, 2.45) is 11.3 Å². The van der Waals surface area contributed by atoms with E-state index in [0.717, 1.165) is 25.7 Å². The molecule has 1 N–H and O–H groups in total. The molecule has 4 heteroatoms. The molecule has 2 aliphatic rings. The van der Waals surface area contributed by atoms with Crippen LogP contribution in [0.15, 0.2) is 0 Å². The number of ether oxygens (including phenoxy) is 1. The summed E-state index contributed by atoms with van der Waals surface area (Å²) in [6.07, 6.45) is 4.09. The molecule has 19 heavy (non-hydrogen) atoms. The minimum Gasteiger partial charge on any atom is -0.393 e. The molecule has 0 aromatic carbocycles. The quantitative estimate of drug-likeness (QED) is 0.828. The lowest BCUT2D eigenvalue weighted by atomic mass is 9.78. The highest BCUT2D eigenvalue weighted by atomic mass is 16.5. The molecule has 3 atom stereocenters. The van der Waals surface area contributed by atoms with Crippen LogP contribution in [0, 0.1) is 11.3 Å². The summed E-state index contributed by atoms with van der Waals surface area (Å²) in [5.74, 6) is 0.462. The topological polar surface area (TPSA) is 49.8 Å². The average Bonchev–Trinajstić information content (AvgIpc) is 2.96. The highest BCUT2D eigenvalue weighted by Gasteiger charge is 2.53. The van der Waals surface area contributed by atoms with Crippen LogP contribution in [0.4, 0.5) is 0 Å². The van der Waals surface area contributed by atoms with E-state index in [2.05, 4.69) is 0 Å². The van der Waals surface area contributed by atoms with Crippen molar-refractivity contribution in [2.75, 3.05) is 20.2 Å². The summed E-state index contributed by atoms with van der Waals surface area (Å²) in [4.78, 5) is 14.2. The van der Waals surface area contributed by atoms with Gasteiger partial charge in [0.25, 0.3) is 0 Å². The molecule has 0 radical (unpaired) electrons. The second kappa shape index (κ2) is 5.06. The van der Waals surface area contributed by atoms with Gasteiger partial charge in [-0.1, -0.05) is 20.8 Å². The van der Waals surface area contributed by atoms with Gasteiger partial charge in [-0.2, -0.15) is 0 Å². The van der Waals surface area contributed by atoms with E-state index in [-0.39, 0.29) is 29.4 Å². The van der Waals surface area contributed by atoms with E-state index in [4.69, 9.17) is 4.74 Å². The van der Waals surface area contributed by atoms with Gasteiger partial charge >= 0.3 is 0 Å². The Morgan fingerprint density at radius 3 is 2.74 bits per heavy atom. The smallest absolute Gasteiger partial charge is 0.227 e. The van der Waals surface area contributed by atoms with Crippen LogP contribution in [0.5, 0.6) is 0 Å². The zero-order valence-corrected chi connectivity index (χ0v) is 12.6. The van der Waals surface area contributed by atoms with Gasteiger partial charge in [0, 0.05) is 24.9 Å². The molecule has 0 aliphatic carbocycles. The van der Waals surface area contributed by atoms with Gasteiger partial charge in [0.2, 0.25) is 5.91 Å². The average molecular weight is 269 g/mol. The van der Waals surface area contributed by atoms with E-state index in [1.807, 2.05) is 32.7 Å². The molecule has 2 fully saturated rings. The molecular formula is C15H27NO3. The summed E-state index contributed by atoms with van der Waals surface area (Å²) in [7, 11) is 1.87. The molecule has 110 valence electrons. The Kier molecular flexibility index (Phi) is 3.94. The van der Waals surface area contributed by atoms with Crippen molar-refractivity contribution < 1.29 is 14.6 Å². The number of carbonyl (C=O) groups is 1. The van der Waals surface area contributed by atoms with Gasteiger partial charge in [-0.25, -0.2) is 0 Å². The Labute approximate surface area is 116 Å². The minimum atomic E-state index is -0.379. The van der Waals surface area contributed by atoms with Gasteiger partial charge in [0.1, 0.15) is 0 Å². The highest BCUT2D eigenvalue weighted by Crippen LogP contribution is 2.47.